The fourth-order valence-corrected chi connectivity index (χ4v) is 3.04. The van der Waals surface area contributed by atoms with Gasteiger partial charge < -0.3 is 15.2 Å². The highest BCUT2D eigenvalue weighted by Gasteiger charge is 2.22. The highest BCUT2D eigenvalue weighted by Crippen LogP contribution is 2.16. The largest absolute Gasteiger partial charge is 0.395 e. The lowest BCUT2D eigenvalue weighted by atomic mass is 10.1. The van der Waals surface area contributed by atoms with Crippen LogP contribution in [0.2, 0.25) is 0 Å². The number of aliphatic hydroxyl groups is 1. The third-order valence-corrected chi connectivity index (χ3v) is 4.24. The van der Waals surface area contributed by atoms with Gasteiger partial charge in [-0.2, -0.15) is 0 Å². The summed E-state index contributed by atoms with van der Waals surface area (Å²) in [4.78, 5) is 2.45. The van der Waals surface area contributed by atoms with Crippen molar-refractivity contribution in [2.24, 2.45) is 0 Å². The van der Waals surface area contributed by atoms with Gasteiger partial charge in [-0.25, -0.2) is 0 Å². The van der Waals surface area contributed by atoms with Crippen LogP contribution in [0.25, 0.3) is 0 Å². The van der Waals surface area contributed by atoms with Crippen LogP contribution in [0.4, 0.5) is 0 Å². The Morgan fingerprint density at radius 3 is 2.78 bits per heavy atom. The number of nitrogens with one attached hydrogen (secondary N) is 1. The summed E-state index contributed by atoms with van der Waals surface area (Å²) in [6.45, 7) is 5.63. The third-order valence-electron chi connectivity index (χ3n) is 4.24. The Bertz CT molecular complexity index is 220. The lowest BCUT2D eigenvalue weighted by molar-refractivity contribution is 0.0779. The van der Waals surface area contributed by atoms with Crippen molar-refractivity contribution in [3.63, 3.8) is 0 Å². The molecule has 4 nitrogen and oxygen atoms in total. The Balaban J connectivity index is 1.48. The number of hydrogen-bond donors (Lipinski definition) is 2. The number of hydrogen-bond acceptors (Lipinski definition) is 4. The second-order valence-electron chi connectivity index (χ2n) is 5.56. The molecular formula is C14H28N2O2. The van der Waals surface area contributed by atoms with Gasteiger partial charge in [0.05, 0.1) is 6.61 Å². The Labute approximate surface area is 111 Å². The Morgan fingerprint density at radius 2 is 2.00 bits per heavy atom. The van der Waals surface area contributed by atoms with E-state index in [0.717, 1.165) is 26.3 Å². The van der Waals surface area contributed by atoms with Crippen LogP contribution >= 0.6 is 0 Å². The summed E-state index contributed by atoms with van der Waals surface area (Å²) < 4.78 is 5.35. The molecule has 1 unspecified atom stereocenters. The summed E-state index contributed by atoms with van der Waals surface area (Å²) >= 11 is 0. The molecule has 0 bridgehead atoms. The van der Waals surface area contributed by atoms with Gasteiger partial charge in [0.2, 0.25) is 0 Å². The summed E-state index contributed by atoms with van der Waals surface area (Å²) in [5.74, 6) is 0. The van der Waals surface area contributed by atoms with Crippen LogP contribution in [0, 0.1) is 0 Å². The zero-order valence-corrected chi connectivity index (χ0v) is 11.4. The van der Waals surface area contributed by atoms with Crippen LogP contribution in [0.1, 0.15) is 38.5 Å². The van der Waals surface area contributed by atoms with Crippen LogP contribution in [0.15, 0.2) is 0 Å². The highest BCUT2D eigenvalue weighted by atomic mass is 16.5. The standard InChI is InChI=1S/C14H28N2O2/c17-12-14-4-3-9-16(14)8-2-1-7-15-13-5-10-18-11-6-13/h13-15,17H,1-12H2. The smallest absolute Gasteiger partial charge is 0.0586 e. The molecule has 2 rings (SSSR count). The summed E-state index contributed by atoms with van der Waals surface area (Å²) in [5, 5.41) is 12.9. The average Bonchev–Trinajstić information content (AvgIpc) is 2.87. The van der Waals surface area contributed by atoms with Crippen molar-refractivity contribution >= 4 is 0 Å². The van der Waals surface area contributed by atoms with E-state index in [1.807, 2.05) is 0 Å². The van der Waals surface area contributed by atoms with E-state index in [2.05, 4.69) is 10.2 Å². The van der Waals surface area contributed by atoms with Crippen LogP contribution in [-0.2, 0) is 4.74 Å². The minimum Gasteiger partial charge on any atom is -0.395 e. The van der Waals surface area contributed by atoms with Gasteiger partial charge >= 0.3 is 0 Å². The first-order valence-corrected chi connectivity index (χ1v) is 7.56. The van der Waals surface area contributed by atoms with E-state index in [0.29, 0.717) is 18.7 Å². The van der Waals surface area contributed by atoms with Crippen molar-refractivity contribution in [3.05, 3.63) is 0 Å². The molecule has 106 valence electrons. The molecule has 1 atom stereocenters. The van der Waals surface area contributed by atoms with Crippen molar-refractivity contribution in [2.75, 3.05) is 39.5 Å². The molecule has 0 aliphatic carbocycles. The Hall–Kier alpha value is -0.160. The molecule has 0 spiro atoms. The molecule has 2 N–H and O–H groups in total. The number of ether oxygens (including phenoxy) is 1. The fraction of sp³-hybridized carbons (Fsp3) is 1.00. The first-order chi connectivity index (χ1) is 8.90. The van der Waals surface area contributed by atoms with E-state index in [9.17, 15) is 5.11 Å². The summed E-state index contributed by atoms with van der Waals surface area (Å²) in [5.41, 5.74) is 0. The van der Waals surface area contributed by atoms with Crippen molar-refractivity contribution in [1.82, 2.24) is 10.2 Å². The normalized spacial score (nSPS) is 26.8. The highest BCUT2D eigenvalue weighted by molar-refractivity contribution is 4.78. The number of unbranched alkanes of at least 4 members (excludes halogenated alkanes) is 1. The SMILES string of the molecule is OCC1CCCN1CCCCNC1CCOCC1. The van der Waals surface area contributed by atoms with Gasteiger partial charge in [-0.15, -0.1) is 0 Å². The van der Waals surface area contributed by atoms with Gasteiger partial charge in [0.25, 0.3) is 0 Å². The monoisotopic (exact) mass is 256 g/mol. The van der Waals surface area contributed by atoms with E-state index in [1.165, 1.54) is 45.1 Å². The van der Waals surface area contributed by atoms with Crippen LogP contribution in [-0.4, -0.2) is 61.5 Å². The summed E-state index contributed by atoms with van der Waals surface area (Å²) in [6, 6.07) is 1.11. The third kappa shape index (κ3) is 4.50. The van der Waals surface area contributed by atoms with E-state index in [-0.39, 0.29) is 0 Å². The predicted octanol–water partition coefficient (Wildman–Crippen LogP) is 0.992. The summed E-state index contributed by atoms with van der Waals surface area (Å²) in [7, 11) is 0. The second kappa shape index (κ2) is 8.10. The lowest BCUT2D eigenvalue weighted by Gasteiger charge is -2.24. The molecule has 0 radical (unpaired) electrons. The van der Waals surface area contributed by atoms with Crippen molar-refractivity contribution < 1.29 is 9.84 Å². The molecule has 2 aliphatic rings. The molecule has 0 aromatic heterocycles. The van der Waals surface area contributed by atoms with Crippen LogP contribution in [0.3, 0.4) is 0 Å². The maximum atomic E-state index is 9.24. The molecule has 0 aromatic rings. The molecule has 2 fully saturated rings. The quantitative estimate of drug-likeness (QED) is 0.667. The minimum atomic E-state index is 0.334. The molecule has 2 saturated heterocycles. The zero-order chi connectivity index (χ0) is 12.6. The van der Waals surface area contributed by atoms with E-state index >= 15 is 0 Å². The molecule has 18 heavy (non-hydrogen) atoms. The van der Waals surface area contributed by atoms with E-state index in [4.69, 9.17) is 4.74 Å². The van der Waals surface area contributed by atoms with Gasteiger partial charge in [0.15, 0.2) is 0 Å². The van der Waals surface area contributed by atoms with E-state index in [1.54, 1.807) is 0 Å². The van der Waals surface area contributed by atoms with Gasteiger partial charge in [-0.1, -0.05) is 0 Å². The fourth-order valence-electron chi connectivity index (χ4n) is 3.04. The number of rotatable bonds is 7. The molecule has 4 heteroatoms. The predicted molar refractivity (Wildman–Crippen MR) is 72.8 cm³/mol. The first kappa shape index (κ1) is 14.3. The average molecular weight is 256 g/mol. The van der Waals surface area contributed by atoms with Crippen LogP contribution < -0.4 is 5.32 Å². The van der Waals surface area contributed by atoms with Crippen molar-refractivity contribution in [2.45, 2.75) is 50.6 Å². The minimum absolute atomic E-state index is 0.334. The number of likely N-dealkylation sites (tertiary alicyclic amines) is 1. The van der Waals surface area contributed by atoms with E-state index < -0.39 is 0 Å². The van der Waals surface area contributed by atoms with Gasteiger partial charge in [0, 0.05) is 25.3 Å². The van der Waals surface area contributed by atoms with Crippen molar-refractivity contribution in [3.8, 4) is 0 Å². The Kier molecular flexibility index (Phi) is 6.41. The number of aliphatic hydroxyl groups excluding tert-OH is 1. The lowest BCUT2D eigenvalue weighted by Crippen LogP contribution is -2.36. The van der Waals surface area contributed by atoms with Crippen LogP contribution in [0.5, 0.6) is 0 Å². The summed E-state index contributed by atoms with van der Waals surface area (Å²) in [6.07, 6.45) is 7.25. The molecular weight excluding hydrogens is 228 g/mol. The van der Waals surface area contributed by atoms with Crippen molar-refractivity contribution in [1.29, 1.82) is 0 Å². The maximum absolute atomic E-state index is 9.24. The van der Waals surface area contributed by atoms with Gasteiger partial charge in [-0.3, -0.25) is 4.90 Å². The van der Waals surface area contributed by atoms with Gasteiger partial charge in [-0.05, 0) is 58.2 Å². The van der Waals surface area contributed by atoms with Gasteiger partial charge in [0.1, 0.15) is 0 Å². The molecule has 0 amide bonds. The first-order valence-electron chi connectivity index (χ1n) is 7.56. The maximum Gasteiger partial charge on any atom is 0.0586 e. The molecule has 0 saturated carbocycles. The number of nitrogens with zero attached hydrogens (tertiary/aromatic N) is 1. The molecule has 2 heterocycles. The zero-order valence-electron chi connectivity index (χ0n) is 11.4. The molecule has 2 aliphatic heterocycles. The molecule has 0 aromatic carbocycles. The second-order valence-corrected chi connectivity index (χ2v) is 5.56. The Morgan fingerprint density at radius 1 is 1.17 bits per heavy atom. The topological polar surface area (TPSA) is 44.7 Å².